The Hall–Kier alpha value is 0.254. The zero-order valence-corrected chi connectivity index (χ0v) is 13.2. The third kappa shape index (κ3) is 10.3. The van der Waals surface area contributed by atoms with E-state index in [4.69, 9.17) is 0 Å². The van der Waals surface area contributed by atoms with Gasteiger partial charge >= 0.3 is 0 Å². The van der Waals surface area contributed by atoms with Crippen molar-refractivity contribution in [1.29, 1.82) is 0 Å². The fourth-order valence-electron chi connectivity index (χ4n) is 0.673. The smallest absolute Gasteiger partial charge is 0 e. The average Bonchev–Trinajstić information content (AvgIpc) is 2.25. The van der Waals surface area contributed by atoms with Gasteiger partial charge < -0.3 is 4.98 Å². The van der Waals surface area contributed by atoms with Crippen LogP contribution in [0.15, 0.2) is 18.3 Å². The van der Waals surface area contributed by atoms with E-state index in [9.17, 15) is 0 Å². The summed E-state index contributed by atoms with van der Waals surface area (Å²) in [4.78, 5) is 3.88. The fourth-order valence-corrected chi connectivity index (χ4v) is 0.673. The molecule has 0 aliphatic rings. The van der Waals surface area contributed by atoms with E-state index in [1.807, 2.05) is 46.0 Å². The van der Waals surface area contributed by atoms with Crippen molar-refractivity contribution in [2.75, 3.05) is 0 Å². The number of hydrogen-bond acceptors (Lipinski definition) is 1. The Morgan fingerprint density at radius 1 is 1.14 bits per heavy atom. The van der Waals surface area contributed by atoms with Crippen LogP contribution in [0.3, 0.4) is 0 Å². The van der Waals surface area contributed by atoms with Crippen LogP contribution in [-0.2, 0) is 32.7 Å². The summed E-state index contributed by atoms with van der Waals surface area (Å²) in [5.41, 5.74) is 1.27. The Kier molecular flexibility index (Phi) is 22.2. The van der Waals surface area contributed by atoms with Gasteiger partial charge in [-0.2, -0.15) is 12.1 Å². The molecule has 0 bridgehead atoms. The maximum Gasteiger partial charge on any atom is 0 e. The summed E-state index contributed by atoms with van der Waals surface area (Å²) in [7, 11) is 0. The summed E-state index contributed by atoms with van der Waals surface area (Å²) in [6.45, 7) is 12.3. The summed E-state index contributed by atoms with van der Waals surface area (Å²) in [5.74, 6) is 0.576. The summed E-state index contributed by atoms with van der Waals surface area (Å²) in [6.07, 6.45) is 4.59. The standard InChI is InChI=1S/C8H10N.2C2H6.Y/c1-7(2)8-4-3-5-9-6-8;2*1-2;/h3-4,6-7H,1-2H3;2*1-2H3;/q-1;;;. The molecule has 1 rings (SSSR count). The predicted octanol–water partition coefficient (Wildman–Crippen LogP) is 4.06. The Bertz CT molecular complexity index is 173. The van der Waals surface area contributed by atoms with Crippen LogP contribution in [0, 0.1) is 6.20 Å². The molecule has 0 amide bonds. The number of rotatable bonds is 1. The second-order valence-corrected chi connectivity index (χ2v) is 2.38. The molecule has 0 saturated carbocycles. The first-order chi connectivity index (χ1) is 6.30. The molecule has 0 fully saturated rings. The molecule has 0 aromatic carbocycles. The van der Waals surface area contributed by atoms with E-state index in [-0.39, 0.29) is 32.7 Å². The first-order valence-electron chi connectivity index (χ1n) is 5.12. The average molecular weight is 269 g/mol. The molecule has 0 aliphatic carbocycles. The van der Waals surface area contributed by atoms with E-state index in [0.717, 1.165) is 0 Å². The predicted molar refractivity (Wildman–Crippen MR) is 59.9 cm³/mol. The molecule has 2 heteroatoms. The zero-order chi connectivity index (χ0) is 10.7. The van der Waals surface area contributed by atoms with Crippen molar-refractivity contribution in [3.8, 4) is 0 Å². The van der Waals surface area contributed by atoms with Gasteiger partial charge in [-0.15, -0.1) is 5.56 Å². The van der Waals surface area contributed by atoms with Crippen LogP contribution >= 0.6 is 0 Å². The van der Waals surface area contributed by atoms with Gasteiger partial charge in [-0.3, -0.25) is 0 Å². The minimum atomic E-state index is 0. The van der Waals surface area contributed by atoms with Gasteiger partial charge in [-0.25, -0.2) is 0 Å². The Labute approximate surface area is 115 Å². The van der Waals surface area contributed by atoms with Gasteiger partial charge in [0.05, 0.1) is 0 Å². The molecule has 14 heavy (non-hydrogen) atoms. The molecule has 0 aliphatic heterocycles. The van der Waals surface area contributed by atoms with Crippen molar-refractivity contribution in [2.24, 2.45) is 0 Å². The molecule has 0 atom stereocenters. The zero-order valence-electron chi connectivity index (χ0n) is 10.3. The summed E-state index contributed by atoms with van der Waals surface area (Å²) < 4.78 is 0. The van der Waals surface area contributed by atoms with E-state index >= 15 is 0 Å². The second kappa shape index (κ2) is 15.7. The van der Waals surface area contributed by atoms with Gasteiger partial charge in [0.25, 0.3) is 0 Å². The van der Waals surface area contributed by atoms with Gasteiger partial charge in [0.2, 0.25) is 0 Å². The normalized spacial score (nSPS) is 7.36. The molecule has 1 nitrogen and oxygen atoms in total. The molecule has 79 valence electrons. The van der Waals surface area contributed by atoms with Gasteiger partial charge in [-0.05, 0) is 5.92 Å². The topological polar surface area (TPSA) is 12.9 Å². The van der Waals surface area contributed by atoms with Crippen molar-refractivity contribution in [2.45, 2.75) is 47.5 Å². The number of nitrogens with zero attached hydrogens (tertiary/aromatic N) is 1. The molecule has 0 unspecified atom stereocenters. The van der Waals surface area contributed by atoms with Crippen LogP contribution in [0.2, 0.25) is 0 Å². The summed E-state index contributed by atoms with van der Waals surface area (Å²) >= 11 is 0. The molecule has 1 heterocycles. The van der Waals surface area contributed by atoms with E-state index in [2.05, 4.69) is 25.0 Å². The molecule has 0 spiro atoms. The van der Waals surface area contributed by atoms with E-state index in [1.54, 1.807) is 0 Å². The number of pyridine rings is 1. The summed E-state index contributed by atoms with van der Waals surface area (Å²) in [5, 5.41) is 0. The minimum Gasteiger partial charge on any atom is -0.394 e. The molecule has 1 aromatic rings. The van der Waals surface area contributed by atoms with Crippen LogP contribution in [0.5, 0.6) is 0 Å². The molecule has 1 aromatic heterocycles. The van der Waals surface area contributed by atoms with Crippen LogP contribution in [0.1, 0.15) is 53.0 Å². The van der Waals surface area contributed by atoms with Gasteiger partial charge in [0, 0.05) is 32.7 Å². The van der Waals surface area contributed by atoms with Crippen LogP contribution < -0.4 is 0 Å². The molecule has 0 saturated heterocycles. The number of hydrogen-bond donors (Lipinski definition) is 0. The Morgan fingerprint density at radius 3 is 1.86 bits per heavy atom. The molecular formula is C12H22NY-. The van der Waals surface area contributed by atoms with Crippen molar-refractivity contribution < 1.29 is 32.7 Å². The molecule has 0 N–H and O–H groups in total. The third-order valence-corrected chi connectivity index (χ3v) is 1.31. The van der Waals surface area contributed by atoms with Crippen molar-refractivity contribution in [3.63, 3.8) is 0 Å². The van der Waals surface area contributed by atoms with Crippen molar-refractivity contribution in [1.82, 2.24) is 4.98 Å². The monoisotopic (exact) mass is 269 g/mol. The molecular weight excluding hydrogens is 247 g/mol. The molecule has 1 radical (unpaired) electrons. The van der Waals surface area contributed by atoms with E-state index < -0.39 is 0 Å². The van der Waals surface area contributed by atoms with E-state index in [1.165, 1.54) is 5.56 Å². The van der Waals surface area contributed by atoms with Crippen molar-refractivity contribution in [3.05, 3.63) is 30.1 Å². The first-order valence-corrected chi connectivity index (χ1v) is 5.12. The third-order valence-electron chi connectivity index (χ3n) is 1.31. The van der Waals surface area contributed by atoms with E-state index in [0.29, 0.717) is 5.92 Å². The Balaban J connectivity index is -0.000000216. The summed E-state index contributed by atoms with van der Waals surface area (Å²) in [6, 6.07) is 3.88. The quantitative estimate of drug-likeness (QED) is 0.701. The first kappa shape index (κ1) is 19.8. The van der Waals surface area contributed by atoms with Crippen LogP contribution in [-0.4, -0.2) is 4.98 Å². The maximum atomic E-state index is 3.88. The van der Waals surface area contributed by atoms with Crippen molar-refractivity contribution >= 4 is 0 Å². The minimum absolute atomic E-state index is 0. The maximum absolute atomic E-state index is 3.88. The van der Waals surface area contributed by atoms with Crippen LogP contribution in [0.4, 0.5) is 0 Å². The second-order valence-electron chi connectivity index (χ2n) is 2.38. The SMILES string of the molecule is CC.CC.CC(C)c1cc[c-]nc1.[Y]. The number of aromatic nitrogens is 1. The Morgan fingerprint density at radius 2 is 1.64 bits per heavy atom. The van der Waals surface area contributed by atoms with Crippen LogP contribution in [0.25, 0.3) is 0 Å². The largest absolute Gasteiger partial charge is 0.394 e. The van der Waals surface area contributed by atoms with Gasteiger partial charge in [0.1, 0.15) is 0 Å². The fraction of sp³-hybridized carbons (Fsp3) is 0.583. The van der Waals surface area contributed by atoms with Gasteiger partial charge in [0.15, 0.2) is 0 Å². The van der Waals surface area contributed by atoms with Gasteiger partial charge in [-0.1, -0.05) is 53.9 Å².